The van der Waals surface area contributed by atoms with Crippen LogP contribution in [-0.2, 0) is 0 Å². The summed E-state index contributed by atoms with van der Waals surface area (Å²) < 4.78 is 0. The molecule has 0 aromatic heterocycles. The molecule has 0 aliphatic rings. The van der Waals surface area contributed by atoms with Crippen molar-refractivity contribution in [1.82, 2.24) is 0 Å². The normalized spacial score (nSPS) is 9.81. The van der Waals surface area contributed by atoms with Gasteiger partial charge in [-0.2, -0.15) is 0 Å². The highest BCUT2D eigenvalue weighted by atomic mass is 32.1. The van der Waals surface area contributed by atoms with Gasteiger partial charge in [-0.05, 0) is 12.1 Å². The molecule has 6 nitrogen and oxygen atoms in total. The van der Waals surface area contributed by atoms with Crippen LogP contribution in [0.2, 0.25) is 0 Å². The molecule has 1 aromatic rings. The van der Waals surface area contributed by atoms with E-state index >= 15 is 0 Å². The Labute approximate surface area is 94.5 Å². The Bertz CT molecular complexity index is 458. The first-order valence-electron chi connectivity index (χ1n) is 3.91. The minimum absolute atomic E-state index is 0.0693. The van der Waals surface area contributed by atoms with Crippen LogP contribution in [0.5, 0.6) is 0 Å². The smallest absolute Gasteiger partial charge is 0.337 e. The second-order valence-corrected chi connectivity index (χ2v) is 3.35. The van der Waals surface area contributed by atoms with E-state index in [0.29, 0.717) is 0 Å². The first kappa shape index (κ1) is 12.1. The summed E-state index contributed by atoms with van der Waals surface area (Å²) in [4.78, 5) is 32.4. The van der Waals surface area contributed by atoms with Gasteiger partial charge < -0.3 is 15.3 Å². The third-order valence-corrected chi connectivity index (χ3v) is 2.06. The van der Waals surface area contributed by atoms with E-state index in [1.807, 2.05) is 0 Å². The summed E-state index contributed by atoms with van der Waals surface area (Å²) >= 11 is 3.81. The van der Waals surface area contributed by atoms with Crippen molar-refractivity contribution < 1.29 is 29.7 Å². The molecule has 0 amide bonds. The second-order valence-electron chi connectivity index (χ2n) is 2.83. The molecule has 0 saturated carbocycles. The number of hydrogen-bond donors (Lipinski definition) is 4. The maximum atomic E-state index is 10.8. The van der Waals surface area contributed by atoms with Crippen LogP contribution >= 0.6 is 12.6 Å². The third-order valence-electron chi connectivity index (χ3n) is 1.80. The molecule has 0 radical (unpaired) electrons. The monoisotopic (exact) mass is 242 g/mol. The van der Waals surface area contributed by atoms with Crippen molar-refractivity contribution in [3.8, 4) is 0 Å². The molecular weight excluding hydrogens is 236 g/mol. The van der Waals surface area contributed by atoms with E-state index in [1.54, 1.807) is 0 Å². The SMILES string of the molecule is O=C(O)c1cc(S)cc(C(=O)O)c1C(=O)O. The molecule has 0 bridgehead atoms. The number of hydrogen-bond acceptors (Lipinski definition) is 4. The van der Waals surface area contributed by atoms with Gasteiger partial charge >= 0.3 is 17.9 Å². The topological polar surface area (TPSA) is 112 Å². The van der Waals surface area contributed by atoms with Crippen molar-refractivity contribution in [2.24, 2.45) is 0 Å². The molecule has 7 heteroatoms. The van der Waals surface area contributed by atoms with Crippen molar-refractivity contribution in [2.75, 3.05) is 0 Å². The van der Waals surface area contributed by atoms with Gasteiger partial charge in [0.25, 0.3) is 0 Å². The first-order chi connectivity index (χ1) is 7.34. The van der Waals surface area contributed by atoms with E-state index in [2.05, 4.69) is 12.6 Å². The highest BCUT2D eigenvalue weighted by molar-refractivity contribution is 7.80. The van der Waals surface area contributed by atoms with Crippen LogP contribution in [0.25, 0.3) is 0 Å². The number of carboxylic acid groups (broad SMARTS) is 3. The molecule has 0 fully saturated rings. The third kappa shape index (κ3) is 2.14. The van der Waals surface area contributed by atoms with Crippen molar-refractivity contribution in [2.45, 2.75) is 4.90 Å². The number of aromatic carboxylic acids is 3. The first-order valence-corrected chi connectivity index (χ1v) is 4.36. The van der Waals surface area contributed by atoms with Gasteiger partial charge in [-0.25, -0.2) is 14.4 Å². The van der Waals surface area contributed by atoms with Crippen molar-refractivity contribution in [1.29, 1.82) is 0 Å². The van der Waals surface area contributed by atoms with Gasteiger partial charge in [0.1, 0.15) is 0 Å². The van der Waals surface area contributed by atoms with Gasteiger partial charge in [-0.3, -0.25) is 0 Å². The Morgan fingerprint density at radius 2 is 1.25 bits per heavy atom. The van der Waals surface area contributed by atoms with E-state index in [4.69, 9.17) is 15.3 Å². The van der Waals surface area contributed by atoms with Crippen LogP contribution in [0.3, 0.4) is 0 Å². The van der Waals surface area contributed by atoms with Crippen molar-refractivity contribution in [3.63, 3.8) is 0 Å². The Hall–Kier alpha value is -2.02. The van der Waals surface area contributed by atoms with Crippen molar-refractivity contribution >= 4 is 30.5 Å². The highest BCUT2D eigenvalue weighted by Crippen LogP contribution is 2.20. The molecule has 0 unspecified atom stereocenters. The molecule has 3 N–H and O–H groups in total. The van der Waals surface area contributed by atoms with E-state index < -0.39 is 34.6 Å². The van der Waals surface area contributed by atoms with Gasteiger partial charge in [0.05, 0.1) is 16.7 Å². The number of carbonyl (C=O) groups is 3. The summed E-state index contributed by atoms with van der Waals surface area (Å²) in [6.07, 6.45) is 0. The van der Waals surface area contributed by atoms with Gasteiger partial charge in [0, 0.05) is 4.90 Å². The lowest BCUT2D eigenvalue weighted by Gasteiger charge is -2.06. The molecule has 16 heavy (non-hydrogen) atoms. The van der Waals surface area contributed by atoms with Crippen LogP contribution in [0, 0.1) is 0 Å². The van der Waals surface area contributed by atoms with E-state index in [1.165, 1.54) is 0 Å². The van der Waals surface area contributed by atoms with Gasteiger partial charge in [-0.15, -0.1) is 12.6 Å². The molecule has 84 valence electrons. The standard InChI is InChI=1S/C9H6O6S/c10-7(11)4-1-3(16)2-5(8(12)13)6(4)9(14)15/h1-2,16H,(H,10,11)(H,12,13)(H,14,15). The van der Waals surface area contributed by atoms with Crippen LogP contribution in [-0.4, -0.2) is 33.2 Å². The minimum atomic E-state index is -1.61. The fourth-order valence-corrected chi connectivity index (χ4v) is 1.45. The summed E-state index contributed by atoms with van der Waals surface area (Å²) in [7, 11) is 0. The fourth-order valence-electron chi connectivity index (χ4n) is 1.19. The van der Waals surface area contributed by atoms with Gasteiger partial charge in [-0.1, -0.05) is 0 Å². The predicted molar refractivity (Wildman–Crippen MR) is 54.6 cm³/mol. The summed E-state index contributed by atoms with van der Waals surface area (Å²) in [5, 5.41) is 26.3. The number of benzene rings is 1. The number of carboxylic acids is 3. The van der Waals surface area contributed by atoms with Gasteiger partial charge in [0.2, 0.25) is 0 Å². The molecule has 0 aliphatic carbocycles. The maximum Gasteiger partial charge on any atom is 0.337 e. The Kier molecular flexibility index (Phi) is 3.19. The number of rotatable bonds is 3. The zero-order chi connectivity index (χ0) is 12.5. The zero-order valence-corrected chi connectivity index (χ0v) is 8.56. The second kappa shape index (κ2) is 4.23. The van der Waals surface area contributed by atoms with Crippen LogP contribution in [0.15, 0.2) is 17.0 Å². The fraction of sp³-hybridized carbons (Fsp3) is 0. The average molecular weight is 242 g/mol. The molecule has 1 rings (SSSR count). The summed E-state index contributed by atoms with van der Waals surface area (Å²) in [6.45, 7) is 0. The zero-order valence-electron chi connectivity index (χ0n) is 7.67. The molecule has 0 heterocycles. The lowest BCUT2D eigenvalue weighted by molar-refractivity contribution is 0.0632. The molecule has 0 atom stereocenters. The Morgan fingerprint density at radius 1 is 0.875 bits per heavy atom. The van der Waals surface area contributed by atoms with Crippen LogP contribution in [0.4, 0.5) is 0 Å². The minimum Gasteiger partial charge on any atom is -0.478 e. The maximum absolute atomic E-state index is 10.8. The van der Waals surface area contributed by atoms with Gasteiger partial charge in [0.15, 0.2) is 0 Å². The lowest BCUT2D eigenvalue weighted by Crippen LogP contribution is -2.14. The number of thiol groups is 1. The lowest BCUT2D eigenvalue weighted by atomic mass is 10.0. The quantitative estimate of drug-likeness (QED) is 0.590. The average Bonchev–Trinajstić information content (AvgIpc) is 2.15. The summed E-state index contributed by atoms with van der Waals surface area (Å²) in [5.41, 5.74) is -1.95. The largest absolute Gasteiger partial charge is 0.478 e. The van der Waals surface area contributed by atoms with E-state index in [-0.39, 0.29) is 4.90 Å². The van der Waals surface area contributed by atoms with Crippen LogP contribution in [0.1, 0.15) is 31.1 Å². The molecule has 0 saturated heterocycles. The molecule has 0 spiro atoms. The predicted octanol–water partition coefficient (Wildman–Crippen LogP) is 1.07. The molecule has 0 aliphatic heterocycles. The van der Waals surface area contributed by atoms with E-state index in [0.717, 1.165) is 12.1 Å². The summed E-state index contributed by atoms with van der Waals surface area (Å²) in [6, 6.07) is 1.97. The Morgan fingerprint density at radius 3 is 1.50 bits per heavy atom. The van der Waals surface area contributed by atoms with E-state index in [9.17, 15) is 14.4 Å². The van der Waals surface area contributed by atoms with Crippen molar-refractivity contribution in [3.05, 3.63) is 28.8 Å². The Balaban J connectivity index is 3.67. The van der Waals surface area contributed by atoms with Crippen LogP contribution < -0.4 is 0 Å². The molecule has 1 aromatic carbocycles. The summed E-state index contributed by atoms with van der Waals surface area (Å²) in [5.74, 6) is -4.64. The molecular formula is C9H6O6S. The highest BCUT2D eigenvalue weighted by Gasteiger charge is 2.24.